The van der Waals surface area contributed by atoms with Crippen LogP contribution in [0.4, 0.5) is 5.69 Å². The van der Waals surface area contributed by atoms with Crippen LogP contribution in [0.5, 0.6) is 0 Å². The van der Waals surface area contributed by atoms with Crippen LogP contribution in [0.2, 0.25) is 0 Å². The molecular weight excluding hydrogens is 450 g/mol. The van der Waals surface area contributed by atoms with Gasteiger partial charge >= 0.3 is 0 Å². The van der Waals surface area contributed by atoms with Crippen LogP contribution in [0.15, 0.2) is 115 Å². The average molecular weight is 470 g/mol. The summed E-state index contributed by atoms with van der Waals surface area (Å²) in [7, 11) is 0. The lowest BCUT2D eigenvalue weighted by atomic mass is 9.91. The van der Waals surface area contributed by atoms with E-state index >= 15 is 0 Å². The van der Waals surface area contributed by atoms with Gasteiger partial charge in [0, 0.05) is 16.5 Å². The Morgan fingerprint density at radius 3 is 1.65 bits per heavy atom. The van der Waals surface area contributed by atoms with E-state index in [9.17, 15) is 5.26 Å². The third-order valence-electron chi connectivity index (χ3n) is 7.24. The Hall–Kier alpha value is -5.38. The van der Waals surface area contributed by atoms with Crippen LogP contribution in [0.25, 0.3) is 65.4 Å². The third kappa shape index (κ3) is 3.12. The second-order valence-electron chi connectivity index (χ2n) is 9.19. The van der Waals surface area contributed by atoms with E-state index in [0.29, 0.717) is 11.3 Å². The summed E-state index contributed by atoms with van der Waals surface area (Å²) in [4.78, 5) is 3.55. The quantitative estimate of drug-likeness (QED) is 0.188. The van der Waals surface area contributed by atoms with Crippen molar-refractivity contribution >= 4 is 38.3 Å². The van der Waals surface area contributed by atoms with Gasteiger partial charge in [-0.05, 0) is 69.4 Å². The molecule has 0 aliphatic carbocycles. The molecule has 0 N–H and O–H groups in total. The van der Waals surface area contributed by atoms with Crippen molar-refractivity contribution in [2.45, 2.75) is 0 Å². The number of para-hydroxylation sites is 1. The Morgan fingerprint density at radius 2 is 1.14 bits per heavy atom. The van der Waals surface area contributed by atoms with Crippen molar-refractivity contribution in [3.8, 4) is 34.0 Å². The standard InChI is InChI=1S/C34H19N3/c1-36-25-13-11-24(12-14-25)28-18-20-32-34-30(28)16-15-29-27(23-9-7-22(21-35)8-10-23)17-19-31(33(29)34)37(32)26-5-3-2-4-6-26/h2-20H. The van der Waals surface area contributed by atoms with Crippen molar-refractivity contribution in [3.63, 3.8) is 0 Å². The van der Waals surface area contributed by atoms with E-state index in [1.54, 1.807) is 0 Å². The fourth-order valence-electron chi connectivity index (χ4n) is 5.56. The molecule has 0 saturated carbocycles. The van der Waals surface area contributed by atoms with Crippen LogP contribution in [0.1, 0.15) is 5.56 Å². The highest BCUT2D eigenvalue weighted by Gasteiger charge is 2.20. The number of rotatable bonds is 3. The molecule has 0 fully saturated rings. The highest BCUT2D eigenvalue weighted by atomic mass is 15.0. The third-order valence-corrected chi connectivity index (χ3v) is 7.24. The molecular formula is C34H19N3. The molecule has 0 unspecified atom stereocenters. The van der Waals surface area contributed by atoms with Gasteiger partial charge in [-0.15, -0.1) is 0 Å². The molecule has 1 heterocycles. The van der Waals surface area contributed by atoms with Gasteiger partial charge in [0.15, 0.2) is 5.69 Å². The Balaban J connectivity index is 1.58. The first-order chi connectivity index (χ1) is 18.3. The van der Waals surface area contributed by atoms with Gasteiger partial charge in [-0.2, -0.15) is 5.26 Å². The zero-order valence-electron chi connectivity index (χ0n) is 19.8. The maximum absolute atomic E-state index is 9.25. The highest BCUT2D eigenvalue weighted by molar-refractivity contribution is 6.28. The zero-order chi connectivity index (χ0) is 24.9. The van der Waals surface area contributed by atoms with Crippen molar-refractivity contribution < 1.29 is 0 Å². The van der Waals surface area contributed by atoms with Gasteiger partial charge in [-0.3, -0.25) is 0 Å². The van der Waals surface area contributed by atoms with E-state index in [4.69, 9.17) is 6.57 Å². The van der Waals surface area contributed by atoms with E-state index < -0.39 is 0 Å². The molecule has 3 heteroatoms. The molecule has 0 radical (unpaired) electrons. The van der Waals surface area contributed by atoms with E-state index in [-0.39, 0.29) is 0 Å². The topological polar surface area (TPSA) is 33.1 Å². The maximum atomic E-state index is 9.25. The minimum Gasteiger partial charge on any atom is -0.309 e. The Labute approximate surface area is 214 Å². The summed E-state index contributed by atoms with van der Waals surface area (Å²) >= 11 is 0. The van der Waals surface area contributed by atoms with E-state index in [0.717, 1.165) is 27.9 Å². The molecule has 0 atom stereocenters. The molecule has 3 nitrogen and oxygen atoms in total. The van der Waals surface area contributed by atoms with Crippen molar-refractivity contribution in [1.29, 1.82) is 5.26 Å². The van der Waals surface area contributed by atoms with E-state index in [1.807, 2.05) is 54.6 Å². The van der Waals surface area contributed by atoms with Crippen LogP contribution in [-0.2, 0) is 0 Å². The lowest BCUT2D eigenvalue weighted by Gasteiger charge is -2.11. The summed E-state index contributed by atoms with van der Waals surface area (Å²) in [5.74, 6) is 0. The fraction of sp³-hybridized carbons (Fsp3) is 0. The monoisotopic (exact) mass is 469 g/mol. The highest BCUT2D eigenvalue weighted by Crippen LogP contribution is 2.45. The lowest BCUT2D eigenvalue weighted by molar-refractivity contribution is 1.18. The van der Waals surface area contributed by atoms with Gasteiger partial charge in [0.25, 0.3) is 0 Å². The maximum Gasteiger partial charge on any atom is 0.187 e. The SMILES string of the molecule is [C-]#[N+]c1ccc(-c2ccc3c4c2ccc2c(-c5ccc(C#N)cc5)ccc(c24)n3-c2ccccc2)cc1. The predicted molar refractivity (Wildman–Crippen MR) is 151 cm³/mol. The van der Waals surface area contributed by atoms with E-state index in [1.165, 1.54) is 32.6 Å². The molecule has 0 saturated heterocycles. The minimum atomic E-state index is 0.643. The Kier molecular flexibility index (Phi) is 4.58. The minimum absolute atomic E-state index is 0.643. The molecule has 1 aromatic heterocycles. The van der Waals surface area contributed by atoms with Crippen molar-refractivity contribution in [2.75, 3.05) is 0 Å². The molecule has 0 bridgehead atoms. The second-order valence-corrected chi connectivity index (χ2v) is 9.19. The van der Waals surface area contributed by atoms with Crippen LogP contribution in [0.3, 0.4) is 0 Å². The fourth-order valence-corrected chi connectivity index (χ4v) is 5.56. The molecule has 37 heavy (non-hydrogen) atoms. The van der Waals surface area contributed by atoms with Gasteiger partial charge in [0.1, 0.15) is 0 Å². The molecule has 0 amide bonds. The second kappa shape index (κ2) is 8.09. The van der Waals surface area contributed by atoms with Crippen molar-refractivity contribution in [1.82, 2.24) is 4.57 Å². The first kappa shape index (κ1) is 20.9. The number of hydrogen-bond acceptors (Lipinski definition) is 1. The molecule has 170 valence electrons. The molecule has 7 rings (SSSR count). The van der Waals surface area contributed by atoms with Crippen molar-refractivity contribution in [3.05, 3.63) is 132 Å². The Bertz CT molecular complexity index is 1890. The largest absolute Gasteiger partial charge is 0.309 e. The van der Waals surface area contributed by atoms with Gasteiger partial charge < -0.3 is 4.57 Å². The number of hydrogen-bond donors (Lipinski definition) is 0. The number of benzene rings is 6. The summed E-state index contributed by atoms with van der Waals surface area (Å²) in [6.07, 6.45) is 0. The van der Waals surface area contributed by atoms with Crippen LogP contribution in [-0.4, -0.2) is 4.57 Å². The van der Waals surface area contributed by atoms with Crippen LogP contribution in [0, 0.1) is 17.9 Å². The van der Waals surface area contributed by atoms with Gasteiger partial charge in [0.2, 0.25) is 0 Å². The predicted octanol–water partition coefficient (Wildman–Crippen LogP) is 9.13. The summed E-state index contributed by atoms with van der Waals surface area (Å²) in [5, 5.41) is 14.1. The summed E-state index contributed by atoms with van der Waals surface area (Å²) in [6.45, 7) is 7.30. The van der Waals surface area contributed by atoms with Crippen LogP contribution >= 0.6 is 0 Å². The molecule has 7 aromatic rings. The molecule has 0 aliphatic rings. The summed E-state index contributed by atoms with van der Waals surface area (Å²) in [6, 6.07) is 41.6. The van der Waals surface area contributed by atoms with Gasteiger partial charge in [-0.25, -0.2) is 4.85 Å². The van der Waals surface area contributed by atoms with Gasteiger partial charge in [0.05, 0.1) is 29.2 Å². The Morgan fingerprint density at radius 1 is 0.595 bits per heavy atom. The first-order valence-electron chi connectivity index (χ1n) is 12.1. The normalized spacial score (nSPS) is 11.2. The van der Waals surface area contributed by atoms with E-state index in [2.05, 4.69) is 76.1 Å². The number of nitrogens with zero attached hydrogens (tertiary/aromatic N) is 3. The average Bonchev–Trinajstić information content (AvgIpc) is 3.32. The molecule has 6 aromatic carbocycles. The van der Waals surface area contributed by atoms with Crippen molar-refractivity contribution in [2.24, 2.45) is 0 Å². The zero-order valence-corrected chi connectivity index (χ0v) is 19.8. The first-order valence-corrected chi connectivity index (χ1v) is 12.1. The molecule has 0 spiro atoms. The summed E-state index contributed by atoms with van der Waals surface area (Å²) in [5.41, 5.74) is 9.26. The van der Waals surface area contributed by atoms with Gasteiger partial charge in [-0.1, -0.05) is 78.9 Å². The number of nitriles is 1. The number of aromatic nitrogens is 1. The van der Waals surface area contributed by atoms with Crippen LogP contribution < -0.4 is 0 Å². The smallest absolute Gasteiger partial charge is 0.187 e. The lowest BCUT2D eigenvalue weighted by Crippen LogP contribution is -1.93. The summed E-state index contributed by atoms with van der Waals surface area (Å²) < 4.78 is 2.35. The molecule has 0 aliphatic heterocycles.